The highest BCUT2D eigenvalue weighted by Gasteiger charge is 2.46. The summed E-state index contributed by atoms with van der Waals surface area (Å²) in [7, 11) is 0. The van der Waals surface area contributed by atoms with Gasteiger partial charge in [0.15, 0.2) is 0 Å². The van der Waals surface area contributed by atoms with E-state index in [1.165, 1.54) is 0 Å². The van der Waals surface area contributed by atoms with E-state index in [0.717, 1.165) is 11.1 Å². The zero-order valence-electron chi connectivity index (χ0n) is 15.3. The van der Waals surface area contributed by atoms with Gasteiger partial charge in [-0.15, -0.1) is 0 Å². The maximum atomic E-state index is 12.9. The van der Waals surface area contributed by atoms with Gasteiger partial charge in [-0.3, -0.25) is 9.59 Å². The Hall–Kier alpha value is -2.79. The molecule has 0 aromatic heterocycles. The Kier molecular flexibility index (Phi) is 5.24. The SMILES string of the molecule is CC1(C)C(N)=C(C(=O)NCc2ccc(Cl)cc2)C(=O)N1Cc1ccccc1. The molecule has 0 bridgehead atoms. The van der Waals surface area contributed by atoms with Crippen LogP contribution in [-0.4, -0.2) is 22.3 Å². The van der Waals surface area contributed by atoms with Crippen LogP contribution < -0.4 is 11.1 Å². The first-order valence-corrected chi connectivity index (χ1v) is 9.07. The van der Waals surface area contributed by atoms with Crippen LogP contribution in [-0.2, 0) is 22.7 Å². The van der Waals surface area contributed by atoms with Gasteiger partial charge < -0.3 is 16.0 Å². The molecule has 6 heteroatoms. The van der Waals surface area contributed by atoms with E-state index in [1.807, 2.05) is 56.3 Å². The predicted octanol–water partition coefficient (Wildman–Crippen LogP) is 2.99. The highest BCUT2D eigenvalue weighted by Crippen LogP contribution is 2.33. The van der Waals surface area contributed by atoms with Crippen molar-refractivity contribution in [2.24, 2.45) is 5.73 Å². The summed E-state index contributed by atoms with van der Waals surface area (Å²) in [5.41, 5.74) is 7.66. The molecule has 2 aromatic rings. The number of hydrogen-bond donors (Lipinski definition) is 2. The molecule has 5 nitrogen and oxygen atoms in total. The predicted molar refractivity (Wildman–Crippen MR) is 106 cm³/mol. The zero-order chi connectivity index (χ0) is 19.6. The van der Waals surface area contributed by atoms with Crippen molar-refractivity contribution in [1.29, 1.82) is 0 Å². The average molecular weight is 384 g/mol. The lowest BCUT2D eigenvalue weighted by Gasteiger charge is -2.33. The van der Waals surface area contributed by atoms with Gasteiger partial charge in [0.25, 0.3) is 11.8 Å². The minimum absolute atomic E-state index is 0.0184. The van der Waals surface area contributed by atoms with E-state index in [1.54, 1.807) is 17.0 Å². The van der Waals surface area contributed by atoms with Crippen molar-refractivity contribution in [3.8, 4) is 0 Å². The molecule has 0 unspecified atom stereocenters. The van der Waals surface area contributed by atoms with Crippen molar-refractivity contribution >= 4 is 23.4 Å². The highest BCUT2D eigenvalue weighted by atomic mass is 35.5. The smallest absolute Gasteiger partial charge is 0.262 e. The van der Waals surface area contributed by atoms with Crippen LogP contribution in [0.25, 0.3) is 0 Å². The summed E-state index contributed by atoms with van der Waals surface area (Å²) in [4.78, 5) is 27.2. The summed E-state index contributed by atoms with van der Waals surface area (Å²) in [5.74, 6) is -0.814. The normalized spacial score (nSPS) is 16.0. The van der Waals surface area contributed by atoms with Crippen molar-refractivity contribution in [3.63, 3.8) is 0 Å². The molecule has 0 aliphatic carbocycles. The maximum absolute atomic E-state index is 12.9. The standard InChI is InChI=1S/C21H22ClN3O2/c1-21(2)18(23)17(19(26)24-12-14-8-10-16(22)11-9-14)20(27)25(21)13-15-6-4-3-5-7-15/h3-11H,12-13,23H2,1-2H3,(H,24,26). The lowest BCUT2D eigenvalue weighted by molar-refractivity contribution is -0.131. The topological polar surface area (TPSA) is 75.4 Å². The fourth-order valence-corrected chi connectivity index (χ4v) is 3.21. The van der Waals surface area contributed by atoms with Crippen LogP contribution in [0.3, 0.4) is 0 Å². The van der Waals surface area contributed by atoms with Gasteiger partial charge in [-0.05, 0) is 37.1 Å². The van der Waals surface area contributed by atoms with E-state index < -0.39 is 11.4 Å². The van der Waals surface area contributed by atoms with Gasteiger partial charge in [0.2, 0.25) is 0 Å². The van der Waals surface area contributed by atoms with E-state index in [9.17, 15) is 9.59 Å². The Morgan fingerprint density at radius 2 is 1.70 bits per heavy atom. The Balaban J connectivity index is 1.75. The average Bonchev–Trinajstić information content (AvgIpc) is 2.82. The number of hydrogen-bond acceptors (Lipinski definition) is 3. The molecular weight excluding hydrogens is 362 g/mol. The third-order valence-corrected chi connectivity index (χ3v) is 5.09. The van der Waals surface area contributed by atoms with E-state index in [4.69, 9.17) is 17.3 Å². The zero-order valence-corrected chi connectivity index (χ0v) is 16.1. The van der Waals surface area contributed by atoms with Crippen LogP contribution in [0.4, 0.5) is 0 Å². The largest absolute Gasteiger partial charge is 0.399 e. The monoisotopic (exact) mass is 383 g/mol. The summed E-state index contributed by atoms with van der Waals surface area (Å²) < 4.78 is 0. The van der Waals surface area contributed by atoms with Crippen molar-refractivity contribution in [3.05, 3.63) is 82.0 Å². The molecule has 140 valence electrons. The van der Waals surface area contributed by atoms with E-state index in [-0.39, 0.29) is 17.2 Å². The summed E-state index contributed by atoms with van der Waals surface area (Å²) in [6, 6.07) is 16.8. The second-order valence-corrected chi connectivity index (χ2v) is 7.47. The van der Waals surface area contributed by atoms with Gasteiger partial charge in [-0.25, -0.2) is 0 Å². The molecule has 2 aromatic carbocycles. The molecule has 0 saturated carbocycles. The van der Waals surface area contributed by atoms with E-state index >= 15 is 0 Å². The number of benzene rings is 2. The Morgan fingerprint density at radius 3 is 2.33 bits per heavy atom. The molecule has 3 N–H and O–H groups in total. The molecule has 0 saturated heterocycles. The first-order chi connectivity index (χ1) is 12.8. The molecule has 0 spiro atoms. The number of amides is 2. The van der Waals surface area contributed by atoms with Crippen molar-refractivity contribution < 1.29 is 9.59 Å². The van der Waals surface area contributed by atoms with E-state index in [2.05, 4.69) is 5.32 Å². The molecule has 1 aliphatic rings. The quantitative estimate of drug-likeness (QED) is 0.779. The van der Waals surface area contributed by atoms with Gasteiger partial charge in [0, 0.05) is 18.1 Å². The Bertz CT molecular complexity index is 889. The molecule has 0 fully saturated rings. The fraction of sp³-hybridized carbons (Fsp3) is 0.238. The lowest BCUT2D eigenvalue weighted by Crippen LogP contribution is -2.44. The fourth-order valence-electron chi connectivity index (χ4n) is 3.08. The van der Waals surface area contributed by atoms with Crippen molar-refractivity contribution in [2.45, 2.75) is 32.5 Å². The van der Waals surface area contributed by atoms with Gasteiger partial charge in [0.1, 0.15) is 5.57 Å². The third-order valence-electron chi connectivity index (χ3n) is 4.84. The summed E-state index contributed by atoms with van der Waals surface area (Å²) in [6.45, 7) is 4.38. The number of halogens is 1. The van der Waals surface area contributed by atoms with Crippen molar-refractivity contribution in [1.82, 2.24) is 10.2 Å². The molecular formula is C21H22ClN3O2. The minimum atomic E-state index is -0.736. The van der Waals surface area contributed by atoms with Gasteiger partial charge in [0.05, 0.1) is 11.2 Å². The van der Waals surface area contributed by atoms with Gasteiger partial charge in [-0.1, -0.05) is 54.1 Å². The second kappa shape index (κ2) is 7.45. The molecule has 2 amide bonds. The van der Waals surface area contributed by atoms with E-state index in [0.29, 0.717) is 18.1 Å². The van der Waals surface area contributed by atoms with Crippen molar-refractivity contribution in [2.75, 3.05) is 0 Å². The number of nitrogens with one attached hydrogen (secondary N) is 1. The number of rotatable bonds is 5. The Morgan fingerprint density at radius 1 is 1.07 bits per heavy atom. The van der Waals surface area contributed by atoms with Gasteiger partial charge in [-0.2, -0.15) is 0 Å². The van der Waals surface area contributed by atoms with Crippen LogP contribution in [0.2, 0.25) is 5.02 Å². The summed E-state index contributed by atoms with van der Waals surface area (Å²) >= 11 is 5.87. The summed E-state index contributed by atoms with van der Waals surface area (Å²) in [6.07, 6.45) is 0. The first kappa shape index (κ1) is 19.0. The Labute approximate surface area is 163 Å². The molecule has 27 heavy (non-hydrogen) atoms. The van der Waals surface area contributed by atoms with Crippen LogP contribution in [0, 0.1) is 0 Å². The van der Waals surface area contributed by atoms with Gasteiger partial charge >= 0.3 is 0 Å². The first-order valence-electron chi connectivity index (χ1n) is 8.69. The van der Waals surface area contributed by atoms with Crippen LogP contribution in [0.1, 0.15) is 25.0 Å². The number of carbonyl (C=O) groups excluding carboxylic acids is 2. The molecule has 1 heterocycles. The number of carbonyl (C=O) groups is 2. The summed E-state index contributed by atoms with van der Waals surface area (Å²) in [5, 5.41) is 3.40. The molecule has 1 aliphatic heterocycles. The van der Waals surface area contributed by atoms with Crippen LogP contribution >= 0.6 is 11.6 Å². The lowest BCUT2D eigenvalue weighted by atomic mass is 9.99. The second-order valence-electron chi connectivity index (χ2n) is 7.03. The highest BCUT2D eigenvalue weighted by molar-refractivity contribution is 6.30. The maximum Gasteiger partial charge on any atom is 0.262 e. The molecule has 0 atom stereocenters. The number of nitrogens with zero attached hydrogens (tertiary/aromatic N) is 1. The number of nitrogens with two attached hydrogens (primary N) is 1. The van der Waals surface area contributed by atoms with Crippen LogP contribution in [0.15, 0.2) is 65.9 Å². The molecule has 0 radical (unpaired) electrons. The third kappa shape index (κ3) is 3.83. The molecule has 3 rings (SSSR count). The van der Waals surface area contributed by atoms with Crippen LogP contribution in [0.5, 0.6) is 0 Å². The minimum Gasteiger partial charge on any atom is -0.399 e.